The number of rotatable bonds is 5. The van der Waals surface area contributed by atoms with E-state index in [0.29, 0.717) is 28.9 Å². The highest BCUT2D eigenvalue weighted by atomic mass is 16.4. The molecular weight excluding hydrogens is 665 g/mol. The summed E-state index contributed by atoms with van der Waals surface area (Å²) in [7, 11) is 0. The molecule has 0 unspecified atom stereocenters. The molecule has 252 valence electrons. The number of nitrogens with zero attached hydrogens (tertiary/aromatic N) is 4. The molecule has 0 fully saturated rings. The second kappa shape index (κ2) is 12.1. The lowest BCUT2D eigenvalue weighted by Gasteiger charge is -2.13. The van der Waals surface area contributed by atoms with Crippen molar-refractivity contribution in [3.05, 3.63) is 170 Å². The lowest BCUT2D eigenvalue weighted by molar-refractivity contribution is 0.622. The number of hydrogen-bond acceptors (Lipinski definition) is 6. The lowest BCUT2D eigenvalue weighted by atomic mass is 9.93. The molecule has 0 saturated carbocycles. The Kier molecular flexibility index (Phi) is 6.75. The summed E-state index contributed by atoms with van der Waals surface area (Å²) >= 11 is 0. The molecule has 3 heterocycles. The molecule has 0 aliphatic rings. The fraction of sp³-hybridized carbons (Fsp3) is 0. The van der Waals surface area contributed by atoms with Gasteiger partial charge < -0.3 is 8.83 Å². The van der Waals surface area contributed by atoms with Gasteiger partial charge in [-0.1, -0.05) is 140 Å². The van der Waals surface area contributed by atoms with Gasteiger partial charge in [0.2, 0.25) is 5.89 Å². The first-order valence-electron chi connectivity index (χ1n) is 17.9. The zero-order valence-electron chi connectivity index (χ0n) is 28.8. The molecule has 0 radical (unpaired) electrons. The largest absolute Gasteiger partial charge is 0.456 e. The predicted molar refractivity (Wildman–Crippen MR) is 217 cm³/mol. The number of oxazole rings is 1. The summed E-state index contributed by atoms with van der Waals surface area (Å²) in [6.45, 7) is 0. The van der Waals surface area contributed by atoms with Crippen molar-refractivity contribution in [1.29, 1.82) is 0 Å². The summed E-state index contributed by atoms with van der Waals surface area (Å²) in [4.78, 5) is 20.3. The molecule has 6 heteroatoms. The van der Waals surface area contributed by atoms with Crippen LogP contribution in [0.2, 0.25) is 0 Å². The number of furan rings is 1. The summed E-state index contributed by atoms with van der Waals surface area (Å²) < 4.78 is 13.3. The number of hydrogen-bond donors (Lipinski definition) is 0. The zero-order chi connectivity index (χ0) is 35.6. The monoisotopic (exact) mass is 692 g/mol. The van der Waals surface area contributed by atoms with Crippen molar-refractivity contribution in [3.63, 3.8) is 0 Å². The molecule has 6 nitrogen and oxygen atoms in total. The summed E-state index contributed by atoms with van der Waals surface area (Å²) in [5.74, 6) is 2.40. The first kappa shape index (κ1) is 30.2. The second-order valence-electron chi connectivity index (χ2n) is 13.4. The summed E-state index contributed by atoms with van der Waals surface area (Å²) in [6, 6.07) is 57.6. The van der Waals surface area contributed by atoms with Crippen LogP contribution in [0.5, 0.6) is 0 Å². The Hall–Kier alpha value is -7.44. The Morgan fingerprint density at radius 3 is 1.69 bits per heavy atom. The van der Waals surface area contributed by atoms with E-state index in [0.717, 1.165) is 82.4 Å². The van der Waals surface area contributed by atoms with Crippen LogP contribution in [0.1, 0.15) is 0 Å². The molecule has 0 amide bonds. The number of benzene rings is 8. The van der Waals surface area contributed by atoms with Gasteiger partial charge in [-0.3, -0.25) is 0 Å². The summed E-state index contributed by atoms with van der Waals surface area (Å²) in [6.07, 6.45) is 0. The van der Waals surface area contributed by atoms with Gasteiger partial charge in [0.25, 0.3) is 0 Å². The minimum Gasteiger partial charge on any atom is -0.456 e. The second-order valence-corrected chi connectivity index (χ2v) is 13.4. The van der Waals surface area contributed by atoms with Gasteiger partial charge in [0.05, 0.1) is 5.39 Å². The molecule has 54 heavy (non-hydrogen) atoms. The van der Waals surface area contributed by atoms with E-state index < -0.39 is 0 Å². The Morgan fingerprint density at radius 1 is 0.352 bits per heavy atom. The van der Waals surface area contributed by atoms with Gasteiger partial charge in [0, 0.05) is 33.2 Å². The van der Waals surface area contributed by atoms with E-state index in [1.807, 2.05) is 84.9 Å². The van der Waals surface area contributed by atoms with Crippen LogP contribution in [0.25, 0.3) is 111 Å². The highest BCUT2D eigenvalue weighted by molar-refractivity contribution is 6.21. The Labute approximate surface area is 309 Å². The highest BCUT2D eigenvalue weighted by Gasteiger charge is 2.23. The minimum absolute atomic E-state index is 0.558. The van der Waals surface area contributed by atoms with E-state index in [1.54, 1.807) is 0 Å². The van der Waals surface area contributed by atoms with Crippen molar-refractivity contribution in [2.24, 2.45) is 0 Å². The van der Waals surface area contributed by atoms with Crippen LogP contribution in [-0.2, 0) is 0 Å². The predicted octanol–water partition coefficient (Wildman–Crippen LogP) is 12.6. The van der Waals surface area contributed by atoms with Crippen molar-refractivity contribution >= 4 is 54.6 Å². The summed E-state index contributed by atoms with van der Waals surface area (Å²) in [5, 5.41) is 6.24. The summed E-state index contributed by atoms with van der Waals surface area (Å²) in [5.41, 5.74) is 8.59. The molecule has 0 atom stereocenters. The van der Waals surface area contributed by atoms with Crippen LogP contribution >= 0.6 is 0 Å². The third-order valence-corrected chi connectivity index (χ3v) is 10.2. The number of fused-ring (bicyclic) bond motifs is 7. The molecule has 0 aliphatic carbocycles. The highest BCUT2D eigenvalue weighted by Crippen LogP contribution is 2.44. The van der Waals surface area contributed by atoms with Crippen LogP contribution in [0.3, 0.4) is 0 Å². The standard InChI is InChI=1S/C48H28N4O2/c1-3-14-30(15-4-1)45-50-46(31-16-5-2-6-17-31)52-47(51-45)37-26-25-36(34-19-9-10-20-35(34)37)39-28-41-42(38-21-11-12-22-40(38)53-41)44-43(39)49-48(54-44)33-24-23-29-13-7-8-18-32(29)27-33/h1-28H. The first-order valence-corrected chi connectivity index (χ1v) is 17.9. The van der Waals surface area contributed by atoms with Crippen LogP contribution in [0, 0.1) is 0 Å². The van der Waals surface area contributed by atoms with E-state index >= 15 is 0 Å². The normalized spacial score (nSPS) is 11.7. The quantitative estimate of drug-likeness (QED) is 0.179. The fourth-order valence-electron chi connectivity index (χ4n) is 7.58. The van der Waals surface area contributed by atoms with Crippen molar-refractivity contribution in [1.82, 2.24) is 19.9 Å². The Morgan fingerprint density at radius 2 is 0.944 bits per heavy atom. The van der Waals surface area contributed by atoms with Crippen LogP contribution in [0.4, 0.5) is 0 Å². The lowest BCUT2D eigenvalue weighted by Crippen LogP contribution is -2.00. The maximum atomic E-state index is 6.76. The van der Waals surface area contributed by atoms with E-state index in [-0.39, 0.29) is 0 Å². The molecule has 0 aliphatic heterocycles. The molecule has 3 aromatic heterocycles. The Balaban J connectivity index is 1.15. The van der Waals surface area contributed by atoms with Crippen LogP contribution < -0.4 is 0 Å². The third-order valence-electron chi connectivity index (χ3n) is 10.2. The maximum absolute atomic E-state index is 6.76. The van der Waals surface area contributed by atoms with Gasteiger partial charge >= 0.3 is 0 Å². The zero-order valence-corrected chi connectivity index (χ0v) is 28.8. The van der Waals surface area contributed by atoms with Gasteiger partial charge in [0.15, 0.2) is 23.1 Å². The molecular formula is C48H28N4O2. The van der Waals surface area contributed by atoms with Crippen LogP contribution in [0.15, 0.2) is 179 Å². The molecule has 11 aromatic rings. The smallest absolute Gasteiger partial charge is 0.227 e. The SMILES string of the molecule is c1ccc(-c2nc(-c3ccccc3)nc(-c3ccc(-c4cc5oc6ccccc6c5c5oc(-c6ccc7ccccc7c6)nc45)c4ccccc34)n2)cc1. The van der Waals surface area contributed by atoms with Gasteiger partial charge in [-0.25, -0.2) is 19.9 Å². The van der Waals surface area contributed by atoms with Gasteiger partial charge in [-0.2, -0.15) is 0 Å². The number of para-hydroxylation sites is 1. The molecule has 0 saturated heterocycles. The molecule has 0 N–H and O–H groups in total. The average Bonchev–Trinajstić information content (AvgIpc) is 3.86. The maximum Gasteiger partial charge on any atom is 0.227 e. The van der Waals surface area contributed by atoms with E-state index in [2.05, 4.69) is 84.9 Å². The van der Waals surface area contributed by atoms with Crippen molar-refractivity contribution in [2.75, 3.05) is 0 Å². The van der Waals surface area contributed by atoms with Crippen molar-refractivity contribution in [2.45, 2.75) is 0 Å². The van der Waals surface area contributed by atoms with Crippen LogP contribution in [-0.4, -0.2) is 19.9 Å². The van der Waals surface area contributed by atoms with E-state index in [1.165, 1.54) is 0 Å². The minimum atomic E-state index is 0.558. The molecule has 0 bridgehead atoms. The third kappa shape index (κ3) is 4.89. The Bertz CT molecular complexity index is 3160. The van der Waals surface area contributed by atoms with Gasteiger partial charge in [-0.15, -0.1) is 0 Å². The molecule has 11 rings (SSSR count). The van der Waals surface area contributed by atoms with Crippen molar-refractivity contribution in [3.8, 4) is 56.7 Å². The van der Waals surface area contributed by atoms with E-state index in [4.69, 9.17) is 28.8 Å². The average molecular weight is 693 g/mol. The topological polar surface area (TPSA) is 77.8 Å². The van der Waals surface area contributed by atoms with Gasteiger partial charge in [0.1, 0.15) is 16.7 Å². The first-order chi connectivity index (χ1) is 26.7. The van der Waals surface area contributed by atoms with Gasteiger partial charge in [-0.05, 0) is 57.4 Å². The number of aromatic nitrogens is 4. The fourth-order valence-corrected chi connectivity index (χ4v) is 7.58. The molecule has 8 aromatic carbocycles. The van der Waals surface area contributed by atoms with Crippen molar-refractivity contribution < 1.29 is 8.83 Å². The van der Waals surface area contributed by atoms with E-state index in [9.17, 15) is 0 Å². The molecule has 0 spiro atoms.